The van der Waals surface area contributed by atoms with Crippen molar-refractivity contribution in [3.8, 4) is 0 Å². The van der Waals surface area contributed by atoms with Crippen molar-refractivity contribution in [3.63, 3.8) is 0 Å². The van der Waals surface area contributed by atoms with Crippen LogP contribution in [0.15, 0.2) is 0 Å². The van der Waals surface area contributed by atoms with Crippen molar-refractivity contribution in [2.45, 2.75) is 52.0 Å². The van der Waals surface area contributed by atoms with Gasteiger partial charge in [-0.2, -0.15) is 0 Å². The molecule has 0 bridgehead atoms. The lowest BCUT2D eigenvalue weighted by Crippen LogP contribution is -2.47. The van der Waals surface area contributed by atoms with Crippen LogP contribution >= 0.6 is 0 Å². The summed E-state index contributed by atoms with van der Waals surface area (Å²) < 4.78 is 0. The molecule has 0 unspecified atom stereocenters. The van der Waals surface area contributed by atoms with Crippen molar-refractivity contribution < 1.29 is 4.79 Å². The molecule has 4 heteroatoms. The Labute approximate surface area is 123 Å². The van der Waals surface area contributed by atoms with Gasteiger partial charge in [-0.05, 0) is 51.1 Å². The predicted molar refractivity (Wildman–Crippen MR) is 82.7 cm³/mol. The number of hydrogen-bond acceptors (Lipinski definition) is 3. The molecule has 2 aliphatic rings. The Bertz CT molecular complexity index is 292. The summed E-state index contributed by atoms with van der Waals surface area (Å²) in [5, 5.41) is 3.47. The van der Waals surface area contributed by atoms with E-state index in [0.29, 0.717) is 18.5 Å². The Morgan fingerprint density at radius 3 is 2.35 bits per heavy atom. The minimum Gasteiger partial charge on any atom is -0.342 e. The van der Waals surface area contributed by atoms with Gasteiger partial charge in [0.25, 0.3) is 0 Å². The Balaban J connectivity index is 1.61. The lowest BCUT2D eigenvalue weighted by atomic mass is 10.0. The minimum atomic E-state index is 0.300. The van der Waals surface area contributed by atoms with Gasteiger partial charge in [-0.3, -0.25) is 4.79 Å². The number of amides is 1. The molecule has 0 aliphatic carbocycles. The van der Waals surface area contributed by atoms with Crippen LogP contribution in [0.4, 0.5) is 0 Å². The largest absolute Gasteiger partial charge is 0.342 e. The predicted octanol–water partition coefficient (Wildman–Crippen LogP) is 1.71. The van der Waals surface area contributed by atoms with E-state index in [4.69, 9.17) is 0 Å². The summed E-state index contributed by atoms with van der Waals surface area (Å²) in [6.45, 7) is 10.6. The van der Waals surface area contributed by atoms with E-state index in [-0.39, 0.29) is 0 Å². The van der Waals surface area contributed by atoms with Crippen LogP contribution in [0.25, 0.3) is 0 Å². The SMILES string of the molecule is CC(C)CN1CCC(NCC(=O)N2CCCCC2)CC1. The molecule has 0 atom stereocenters. The van der Waals surface area contributed by atoms with E-state index in [1.165, 1.54) is 51.7 Å². The van der Waals surface area contributed by atoms with Crippen LogP contribution in [0.5, 0.6) is 0 Å². The molecule has 0 spiro atoms. The Morgan fingerprint density at radius 2 is 1.75 bits per heavy atom. The second-order valence-electron chi connectivity index (χ2n) is 6.79. The molecule has 2 aliphatic heterocycles. The summed E-state index contributed by atoms with van der Waals surface area (Å²) in [7, 11) is 0. The molecule has 0 saturated carbocycles. The smallest absolute Gasteiger partial charge is 0.236 e. The fourth-order valence-corrected chi connectivity index (χ4v) is 3.32. The molecule has 4 nitrogen and oxygen atoms in total. The molecular weight excluding hydrogens is 250 g/mol. The van der Waals surface area contributed by atoms with Crippen molar-refractivity contribution in [1.82, 2.24) is 15.1 Å². The summed E-state index contributed by atoms with van der Waals surface area (Å²) in [5.41, 5.74) is 0. The van der Waals surface area contributed by atoms with Crippen molar-refractivity contribution in [2.24, 2.45) is 5.92 Å². The van der Waals surface area contributed by atoms with Gasteiger partial charge in [-0.25, -0.2) is 0 Å². The van der Waals surface area contributed by atoms with E-state index in [1.54, 1.807) is 0 Å². The molecule has 0 aromatic heterocycles. The van der Waals surface area contributed by atoms with Crippen LogP contribution in [0, 0.1) is 5.92 Å². The number of carbonyl (C=O) groups is 1. The molecule has 2 fully saturated rings. The van der Waals surface area contributed by atoms with E-state index >= 15 is 0 Å². The van der Waals surface area contributed by atoms with Crippen LogP contribution in [-0.4, -0.2) is 61.0 Å². The van der Waals surface area contributed by atoms with Gasteiger partial charge >= 0.3 is 0 Å². The van der Waals surface area contributed by atoms with Gasteiger partial charge in [0.1, 0.15) is 0 Å². The zero-order chi connectivity index (χ0) is 14.4. The molecule has 0 radical (unpaired) electrons. The average Bonchev–Trinajstić information content (AvgIpc) is 2.46. The lowest BCUT2D eigenvalue weighted by Gasteiger charge is -2.34. The van der Waals surface area contributed by atoms with Gasteiger partial charge in [0.2, 0.25) is 5.91 Å². The Hall–Kier alpha value is -0.610. The van der Waals surface area contributed by atoms with Crippen molar-refractivity contribution in [3.05, 3.63) is 0 Å². The number of likely N-dealkylation sites (tertiary alicyclic amines) is 2. The fourth-order valence-electron chi connectivity index (χ4n) is 3.32. The molecule has 20 heavy (non-hydrogen) atoms. The van der Waals surface area contributed by atoms with Crippen molar-refractivity contribution >= 4 is 5.91 Å². The third-order valence-corrected chi connectivity index (χ3v) is 4.46. The highest BCUT2D eigenvalue weighted by molar-refractivity contribution is 5.78. The number of piperidine rings is 2. The average molecular weight is 281 g/mol. The molecule has 2 rings (SSSR count). The van der Waals surface area contributed by atoms with E-state index in [0.717, 1.165) is 19.0 Å². The number of carbonyl (C=O) groups excluding carboxylic acids is 1. The molecular formula is C16H31N3O. The van der Waals surface area contributed by atoms with E-state index in [2.05, 4.69) is 24.1 Å². The normalized spacial score (nSPS) is 22.4. The summed E-state index contributed by atoms with van der Waals surface area (Å²) in [4.78, 5) is 16.7. The topological polar surface area (TPSA) is 35.6 Å². The third kappa shape index (κ3) is 5.06. The lowest BCUT2D eigenvalue weighted by molar-refractivity contribution is -0.131. The van der Waals surface area contributed by atoms with Crippen LogP contribution < -0.4 is 5.32 Å². The second kappa shape index (κ2) is 7.99. The number of nitrogens with zero attached hydrogens (tertiary/aromatic N) is 2. The Kier molecular flexibility index (Phi) is 6.30. The highest BCUT2D eigenvalue weighted by Gasteiger charge is 2.21. The monoisotopic (exact) mass is 281 g/mol. The van der Waals surface area contributed by atoms with Gasteiger partial charge in [0.05, 0.1) is 6.54 Å². The van der Waals surface area contributed by atoms with E-state index in [9.17, 15) is 4.79 Å². The summed E-state index contributed by atoms with van der Waals surface area (Å²) >= 11 is 0. The van der Waals surface area contributed by atoms with Crippen LogP contribution in [0.3, 0.4) is 0 Å². The van der Waals surface area contributed by atoms with E-state index < -0.39 is 0 Å². The van der Waals surface area contributed by atoms with Gasteiger partial charge < -0.3 is 15.1 Å². The summed E-state index contributed by atoms with van der Waals surface area (Å²) in [5.74, 6) is 1.05. The van der Waals surface area contributed by atoms with Crippen LogP contribution in [0.1, 0.15) is 46.0 Å². The number of nitrogens with one attached hydrogen (secondary N) is 1. The molecule has 0 aromatic carbocycles. The summed E-state index contributed by atoms with van der Waals surface area (Å²) in [6.07, 6.45) is 6.00. The number of rotatable bonds is 5. The zero-order valence-electron chi connectivity index (χ0n) is 13.2. The highest BCUT2D eigenvalue weighted by Crippen LogP contribution is 2.12. The first kappa shape index (κ1) is 15.8. The molecule has 1 amide bonds. The van der Waals surface area contributed by atoms with Gasteiger partial charge in [0.15, 0.2) is 0 Å². The van der Waals surface area contributed by atoms with Crippen LogP contribution in [0.2, 0.25) is 0 Å². The summed E-state index contributed by atoms with van der Waals surface area (Å²) in [6, 6.07) is 0.534. The maximum atomic E-state index is 12.1. The highest BCUT2D eigenvalue weighted by atomic mass is 16.2. The maximum absolute atomic E-state index is 12.1. The quantitative estimate of drug-likeness (QED) is 0.833. The molecule has 116 valence electrons. The maximum Gasteiger partial charge on any atom is 0.236 e. The van der Waals surface area contributed by atoms with Gasteiger partial charge in [-0.15, -0.1) is 0 Å². The Morgan fingerprint density at radius 1 is 1.10 bits per heavy atom. The molecule has 2 saturated heterocycles. The molecule has 1 N–H and O–H groups in total. The number of hydrogen-bond donors (Lipinski definition) is 1. The fraction of sp³-hybridized carbons (Fsp3) is 0.938. The third-order valence-electron chi connectivity index (χ3n) is 4.46. The first-order chi connectivity index (χ1) is 9.65. The van der Waals surface area contributed by atoms with Crippen LogP contribution in [-0.2, 0) is 4.79 Å². The second-order valence-corrected chi connectivity index (χ2v) is 6.79. The standard InChI is InChI=1S/C16H31N3O/c1-14(2)13-18-10-6-15(7-11-18)17-12-16(20)19-8-4-3-5-9-19/h14-15,17H,3-13H2,1-2H3. The first-order valence-corrected chi connectivity index (χ1v) is 8.38. The van der Waals surface area contributed by atoms with Gasteiger partial charge in [-0.1, -0.05) is 13.8 Å². The zero-order valence-corrected chi connectivity index (χ0v) is 13.2. The van der Waals surface area contributed by atoms with E-state index in [1.807, 2.05) is 4.90 Å². The molecule has 0 aromatic rings. The first-order valence-electron chi connectivity index (χ1n) is 8.38. The minimum absolute atomic E-state index is 0.300. The van der Waals surface area contributed by atoms with Crippen molar-refractivity contribution in [1.29, 1.82) is 0 Å². The van der Waals surface area contributed by atoms with Gasteiger partial charge in [0, 0.05) is 25.7 Å². The molecule has 2 heterocycles. The van der Waals surface area contributed by atoms with Crippen molar-refractivity contribution in [2.75, 3.05) is 39.3 Å².